The number of nitrogens with two attached hydrogens (primary N) is 1. The summed E-state index contributed by atoms with van der Waals surface area (Å²) in [5, 5.41) is 10.4. The zero-order valence-corrected chi connectivity index (χ0v) is 10.1. The standard InChI is InChI=1S/C13H17NO3/c1-12(2,16)13(11(14)15)7-8-17-10-6-4-3-5-9(10)13/h3-6,16H,7-8H2,1-2H3,(H2,14,15)/t13-/m1/s1. The Morgan fingerprint density at radius 1 is 1.47 bits per heavy atom. The lowest BCUT2D eigenvalue weighted by Gasteiger charge is -2.44. The summed E-state index contributed by atoms with van der Waals surface area (Å²) in [7, 11) is 0. The molecule has 0 bridgehead atoms. The minimum absolute atomic E-state index is 0.379. The van der Waals surface area contributed by atoms with Crippen molar-refractivity contribution >= 4 is 5.91 Å². The van der Waals surface area contributed by atoms with Gasteiger partial charge in [-0.1, -0.05) is 18.2 Å². The van der Waals surface area contributed by atoms with Crippen LogP contribution in [0.2, 0.25) is 0 Å². The average molecular weight is 235 g/mol. The Balaban J connectivity index is 2.68. The van der Waals surface area contributed by atoms with Crippen LogP contribution < -0.4 is 10.5 Å². The van der Waals surface area contributed by atoms with E-state index < -0.39 is 16.9 Å². The summed E-state index contributed by atoms with van der Waals surface area (Å²) >= 11 is 0. The summed E-state index contributed by atoms with van der Waals surface area (Å²) in [6.45, 7) is 3.60. The van der Waals surface area contributed by atoms with Crippen molar-refractivity contribution in [1.82, 2.24) is 0 Å². The number of primary amides is 1. The quantitative estimate of drug-likeness (QED) is 0.802. The molecule has 0 fully saturated rings. The molecule has 2 rings (SSSR count). The van der Waals surface area contributed by atoms with Crippen molar-refractivity contribution in [1.29, 1.82) is 0 Å². The second-order valence-electron chi connectivity index (χ2n) is 4.92. The van der Waals surface area contributed by atoms with Crippen LogP contribution in [0.5, 0.6) is 5.75 Å². The Kier molecular flexibility index (Phi) is 2.62. The van der Waals surface area contributed by atoms with Gasteiger partial charge in [0.2, 0.25) is 5.91 Å². The first-order valence-electron chi connectivity index (χ1n) is 5.64. The summed E-state index contributed by atoms with van der Waals surface area (Å²) in [4.78, 5) is 11.9. The van der Waals surface area contributed by atoms with Crippen LogP contribution in [0.15, 0.2) is 24.3 Å². The fraction of sp³-hybridized carbons (Fsp3) is 0.462. The molecule has 0 saturated heterocycles. The van der Waals surface area contributed by atoms with Gasteiger partial charge in [0.25, 0.3) is 0 Å². The summed E-state index contributed by atoms with van der Waals surface area (Å²) in [6.07, 6.45) is 0.392. The molecule has 0 spiro atoms. The number of aliphatic hydroxyl groups is 1. The average Bonchev–Trinajstić information content (AvgIpc) is 2.26. The molecule has 0 unspecified atom stereocenters. The number of hydrogen-bond acceptors (Lipinski definition) is 3. The van der Waals surface area contributed by atoms with Gasteiger partial charge in [-0.05, 0) is 19.9 Å². The number of carbonyl (C=O) groups excluding carboxylic acids is 1. The molecule has 1 atom stereocenters. The van der Waals surface area contributed by atoms with E-state index in [4.69, 9.17) is 10.5 Å². The highest BCUT2D eigenvalue weighted by Gasteiger charge is 2.53. The van der Waals surface area contributed by atoms with Crippen molar-refractivity contribution < 1.29 is 14.6 Å². The van der Waals surface area contributed by atoms with Gasteiger partial charge < -0.3 is 15.6 Å². The zero-order chi connectivity index (χ0) is 12.7. The lowest BCUT2D eigenvalue weighted by Crippen LogP contribution is -2.58. The molecule has 1 aliphatic heterocycles. The Bertz CT molecular complexity index is 450. The predicted molar refractivity (Wildman–Crippen MR) is 63.7 cm³/mol. The normalized spacial score (nSPS) is 23.7. The third kappa shape index (κ3) is 1.60. The van der Waals surface area contributed by atoms with E-state index in [2.05, 4.69) is 0 Å². The van der Waals surface area contributed by atoms with Crippen molar-refractivity contribution in [3.8, 4) is 5.75 Å². The third-order valence-corrected chi connectivity index (χ3v) is 3.55. The molecular formula is C13H17NO3. The molecule has 0 radical (unpaired) electrons. The number of ether oxygens (including phenoxy) is 1. The van der Waals surface area contributed by atoms with E-state index in [0.717, 1.165) is 0 Å². The lowest BCUT2D eigenvalue weighted by molar-refractivity contribution is -0.135. The first-order valence-corrected chi connectivity index (χ1v) is 5.64. The summed E-state index contributed by atoms with van der Waals surface area (Å²) in [6, 6.07) is 7.23. The summed E-state index contributed by atoms with van der Waals surface area (Å²) < 4.78 is 5.51. The van der Waals surface area contributed by atoms with Gasteiger partial charge in [0.05, 0.1) is 12.2 Å². The summed E-state index contributed by atoms with van der Waals surface area (Å²) in [5.41, 5.74) is 3.92. The van der Waals surface area contributed by atoms with E-state index in [9.17, 15) is 9.90 Å². The van der Waals surface area contributed by atoms with Crippen LogP contribution >= 0.6 is 0 Å². The fourth-order valence-corrected chi connectivity index (χ4v) is 2.59. The van der Waals surface area contributed by atoms with E-state index >= 15 is 0 Å². The molecule has 1 aliphatic rings. The largest absolute Gasteiger partial charge is 0.493 e. The maximum atomic E-state index is 11.9. The molecule has 1 aromatic carbocycles. The SMILES string of the molecule is CC(C)(O)[C@]1(C(N)=O)CCOc2ccccc21. The molecule has 1 aromatic rings. The molecule has 0 saturated carbocycles. The van der Waals surface area contributed by atoms with Gasteiger partial charge in [-0.3, -0.25) is 4.79 Å². The van der Waals surface area contributed by atoms with Gasteiger partial charge in [-0.15, -0.1) is 0 Å². The number of fused-ring (bicyclic) bond motifs is 1. The van der Waals surface area contributed by atoms with Crippen LogP contribution in [0.1, 0.15) is 25.8 Å². The Hall–Kier alpha value is -1.55. The molecule has 1 heterocycles. The number of carbonyl (C=O) groups is 1. The van der Waals surface area contributed by atoms with Crippen LogP contribution in [-0.2, 0) is 10.2 Å². The topological polar surface area (TPSA) is 72.5 Å². The summed E-state index contributed by atoms with van der Waals surface area (Å²) in [5.74, 6) is 0.112. The molecule has 4 heteroatoms. The molecule has 0 aromatic heterocycles. The van der Waals surface area contributed by atoms with Gasteiger partial charge in [0, 0.05) is 12.0 Å². The second kappa shape index (κ2) is 3.74. The molecule has 4 nitrogen and oxygen atoms in total. The molecule has 92 valence electrons. The Morgan fingerprint density at radius 3 is 2.71 bits per heavy atom. The number of hydrogen-bond donors (Lipinski definition) is 2. The molecule has 3 N–H and O–H groups in total. The van der Waals surface area contributed by atoms with E-state index in [0.29, 0.717) is 24.3 Å². The van der Waals surface area contributed by atoms with Crippen molar-refractivity contribution in [2.75, 3.05) is 6.61 Å². The fourth-order valence-electron chi connectivity index (χ4n) is 2.59. The van der Waals surface area contributed by atoms with Crippen LogP contribution in [0.4, 0.5) is 0 Å². The smallest absolute Gasteiger partial charge is 0.231 e. The molecular weight excluding hydrogens is 218 g/mol. The van der Waals surface area contributed by atoms with Gasteiger partial charge in [0.1, 0.15) is 11.2 Å². The number of rotatable bonds is 2. The third-order valence-electron chi connectivity index (χ3n) is 3.55. The predicted octanol–water partition coefficient (Wildman–Crippen LogP) is 0.963. The van der Waals surface area contributed by atoms with E-state index in [1.54, 1.807) is 26.0 Å². The minimum atomic E-state index is -1.22. The lowest BCUT2D eigenvalue weighted by atomic mass is 9.65. The first-order chi connectivity index (χ1) is 7.89. The second-order valence-corrected chi connectivity index (χ2v) is 4.92. The van der Waals surface area contributed by atoms with Crippen LogP contribution in [-0.4, -0.2) is 23.2 Å². The first kappa shape index (κ1) is 11.9. The molecule has 1 amide bonds. The maximum absolute atomic E-state index is 11.9. The van der Waals surface area contributed by atoms with Crippen LogP contribution in [0, 0.1) is 0 Å². The number of para-hydroxylation sites is 1. The van der Waals surface area contributed by atoms with Crippen LogP contribution in [0.25, 0.3) is 0 Å². The highest BCUT2D eigenvalue weighted by atomic mass is 16.5. The highest BCUT2D eigenvalue weighted by molar-refractivity contribution is 5.89. The van der Waals surface area contributed by atoms with Crippen LogP contribution in [0.3, 0.4) is 0 Å². The number of amides is 1. The van der Waals surface area contributed by atoms with Gasteiger partial charge in [-0.2, -0.15) is 0 Å². The highest BCUT2D eigenvalue weighted by Crippen LogP contribution is 2.45. The van der Waals surface area contributed by atoms with E-state index in [1.165, 1.54) is 0 Å². The Morgan fingerprint density at radius 2 is 2.12 bits per heavy atom. The van der Waals surface area contributed by atoms with Crippen molar-refractivity contribution in [3.05, 3.63) is 29.8 Å². The molecule has 0 aliphatic carbocycles. The zero-order valence-electron chi connectivity index (χ0n) is 10.1. The van der Waals surface area contributed by atoms with E-state index in [1.807, 2.05) is 12.1 Å². The molecule has 17 heavy (non-hydrogen) atoms. The number of benzene rings is 1. The van der Waals surface area contributed by atoms with Gasteiger partial charge in [-0.25, -0.2) is 0 Å². The minimum Gasteiger partial charge on any atom is -0.493 e. The van der Waals surface area contributed by atoms with E-state index in [-0.39, 0.29) is 0 Å². The van der Waals surface area contributed by atoms with Gasteiger partial charge >= 0.3 is 0 Å². The van der Waals surface area contributed by atoms with Gasteiger partial charge in [0.15, 0.2) is 0 Å². The van der Waals surface area contributed by atoms with Crippen molar-refractivity contribution in [2.45, 2.75) is 31.3 Å². The van der Waals surface area contributed by atoms with Crippen molar-refractivity contribution in [3.63, 3.8) is 0 Å². The monoisotopic (exact) mass is 235 g/mol. The van der Waals surface area contributed by atoms with Crippen molar-refractivity contribution in [2.24, 2.45) is 5.73 Å². The maximum Gasteiger partial charge on any atom is 0.231 e. The Labute approximate surface area is 100 Å².